The van der Waals surface area contributed by atoms with Crippen LogP contribution < -0.4 is 10.2 Å². The molecule has 0 radical (unpaired) electrons. The summed E-state index contributed by atoms with van der Waals surface area (Å²) in [6.45, 7) is 10.1. The fourth-order valence-electron chi connectivity index (χ4n) is 2.38. The van der Waals surface area contributed by atoms with E-state index >= 15 is 0 Å². The SMILES string of the molecule is CCC1CN(C)c2ccc(C(C)(C)C)cc2N1. The monoisotopic (exact) mass is 232 g/mol. The van der Waals surface area contributed by atoms with Crippen LogP contribution in [0.3, 0.4) is 0 Å². The van der Waals surface area contributed by atoms with E-state index in [2.05, 4.69) is 63.2 Å². The molecule has 0 amide bonds. The van der Waals surface area contributed by atoms with Gasteiger partial charge in [-0.05, 0) is 29.5 Å². The average Bonchev–Trinajstić information content (AvgIpc) is 2.27. The van der Waals surface area contributed by atoms with Crippen LogP contribution in [0.25, 0.3) is 0 Å². The molecule has 1 N–H and O–H groups in total. The highest BCUT2D eigenvalue weighted by molar-refractivity contribution is 5.73. The first-order chi connectivity index (χ1) is 7.91. The summed E-state index contributed by atoms with van der Waals surface area (Å²) in [6, 6.07) is 7.38. The Morgan fingerprint density at radius 3 is 2.65 bits per heavy atom. The Morgan fingerprint density at radius 1 is 1.35 bits per heavy atom. The average molecular weight is 232 g/mol. The number of benzene rings is 1. The van der Waals surface area contributed by atoms with Crippen molar-refractivity contribution in [2.75, 3.05) is 23.8 Å². The molecule has 1 aromatic rings. The van der Waals surface area contributed by atoms with Gasteiger partial charge in [0.05, 0.1) is 11.4 Å². The summed E-state index contributed by atoms with van der Waals surface area (Å²) in [6.07, 6.45) is 1.17. The lowest BCUT2D eigenvalue weighted by atomic mass is 9.86. The van der Waals surface area contributed by atoms with E-state index < -0.39 is 0 Å². The zero-order valence-electron chi connectivity index (χ0n) is 11.7. The van der Waals surface area contributed by atoms with Gasteiger partial charge < -0.3 is 10.2 Å². The highest BCUT2D eigenvalue weighted by atomic mass is 15.2. The number of hydrogen-bond acceptors (Lipinski definition) is 2. The van der Waals surface area contributed by atoms with E-state index in [4.69, 9.17) is 0 Å². The van der Waals surface area contributed by atoms with Gasteiger partial charge >= 0.3 is 0 Å². The lowest BCUT2D eigenvalue weighted by Crippen LogP contribution is -2.39. The van der Waals surface area contributed by atoms with Gasteiger partial charge in [0.1, 0.15) is 0 Å². The number of likely N-dealkylation sites (N-methyl/N-ethyl adjacent to an activating group) is 1. The molecule has 94 valence electrons. The van der Waals surface area contributed by atoms with Crippen LogP contribution in [0.1, 0.15) is 39.7 Å². The molecule has 1 aromatic carbocycles. The summed E-state index contributed by atoms with van der Waals surface area (Å²) >= 11 is 0. The standard InChI is InChI=1S/C15H24N2/c1-6-12-10-17(5)14-8-7-11(15(2,3)4)9-13(14)16-12/h7-9,12,16H,6,10H2,1-5H3. The molecule has 0 aromatic heterocycles. The zero-order valence-corrected chi connectivity index (χ0v) is 11.7. The molecule has 0 saturated carbocycles. The molecular formula is C15H24N2. The van der Waals surface area contributed by atoms with Crippen LogP contribution in [0.2, 0.25) is 0 Å². The molecule has 1 aliphatic heterocycles. The third-order valence-electron chi connectivity index (χ3n) is 3.62. The van der Waals surface area contributed by atoms with Gasteiger partial charge in [-0.1, -0.05) is 33.8 Å². The second kappa shape index (κ2) is 4.25. The maximum absolute atomic E-state index is 3.65. The van der Waals surface area contributed by atoms with Crippen molar-refractivity contribution in [1.29, 1.82) is 0 Å². The van der Waals surface area contributed by atoms with Crippen molar-refractivity contribution in [3.05, 3.63) is 23.8 Å². The third-order valence-corrected chi connectivity index (χ3v) is 3.62. The maximum Gasteiger partial charge on any atom is 0.0600 e. The van der Waals surface area contributed by atoms with E-state index in [1.807, 2.05) is 0 Å². The Labute approximate surface area is 105 Å². The fraction of sp³-hybridized carbons (Fsp3) is 0.600. The molecule has 1 aliphatic rings. The molecule has 0 aliphatic carbocycles. The molecule has 0 bridgehead atoms. The minimum absolute atomic E-state index is 0.217. The second-order valence-corrected chi connectivity index (χ2v) is 6.11. The van der Waals surface area contributed by atoms with Crippen molar-refractivity contribution in [1.82, 2.24) is 0 Å². The van der Waals surface area contributed by atoms with Crippen molar-refractivity contribution in [2.45, 2.75) is 45.6 Å². The summed E-state index contributed by atoms with van der Waals surface area (Å²) in [4.78, 5) is 2.35. The maximum atomic E-state index is 3.65. The summed E-state index contributed by atoms with van der Waals surface area (Å²) in [5.41, 5.74) is 4.23. The summed E-state index contributed by atoms with van der Waals surface area (Å²) in [7, 11) is 2.18. The van der Waals surface area contributed by atoms with Crippen molar-refractivity contribution in [3.8, 4) is 0 Å². The van der Waals surface area contributed by atoms with Gasteiger partial charge in [-0.15, -0.1) is 0 Å². The first-order valence-corrected chi connectivity index (χ1v) is 6.54. The van der Waals surface area contributed by atoms with Gasteiger partial charge in [-0.3, -0.25) is 0 Å². The smallest absolute Gasteiger partial charge is 0.0600 e. The molecule has 0 saturated heterocycles. The van der Waals surface area contributed by atoms with Crippen LogP contribution in [0.5, 0.6) is 0 Å². The van der Waals surface area contributed by atoms with E-state index in [-0.39, 0.29) is 5.41 Å². The fourth-order valence-corrected chi connectivity index (χ4v) is 2.38. The van der Waals surface area contributed by atoms with E-state index in [1.54, 1.807) is 0 Å². The van der Waals surface area contributed by atoms with Gasteiger partial charge in [0, 0.05) is 19.6 Å². The number of fused-ring (bicyclic) bond motifs is 1. The number of nitrogens with one attached hydrogen (secondary N) is 1. The Hall–Kier alpha value is -1.18. The topological polar surface area (TPSA) is 15.3 Å². The van der Waals surface area contributed by atoms with Crippen molar-refractivity contribution < 1.29 is 0 Å². The molecule has 1 heterocycles. The van der Waals surface area contributed by atoms with Crippen molar-refractivity contribution in [3.63, 3.8) is 0 Å². The second-order valence-electron chi connectivity index (χ2n) is 6.11. The molecule has 1 atom stereocenters. The molecule has 2 rings (SSSR count). The predicted molar refractivity (Wildman–Crippen MR) is 76.1 cm³/mol. The number of rotatable bonds is 1. The van der Waals surface area contributed by atoms with E-state index in [0.29, 0.717) is 6.04 Å². The van der Waals surface area contributed by atoms with E-state index in [9.17, 15) is 0 Å². The Bertz CT molecular complexity index is 404. The van der Waals surface area contributed by atoms with Crippen LogP contribution in [-0.4, -0.2) is 19.6 Å². The number of hydrogen-bond donors (Lipinski definition) is 1. The Kier molecular flexibility index (Phi) is 3.07. The molecule has 17 heavy (non-hydrogen) atoms. The van der Waals surface area contributed by atoms with Crippen LogP contribution in [0.4, 0.5) is 11.4 Å². The van der Waals surface area contributed by atoms with Gasteiger partial charge in [0.2, 0.25) is 0 Å². The lowest BCUT2D eigenvalue weighted by Gasteiger charge is -2.35. The quantitative estimate of drug-likeness (QED) is 0.795. The third kappa shape index (κ3) is 2.41. The van der Waals surface area contributed by atoms with Crippen LogP contribution in [-0.2, 0) is 5.41 Å². The minimum Gasteiger partial charge on any atom is -0.379 e. The van der Waals surface area contributed by atoms with Gasteiger partial charge in [0.25, 0.3) is 0 Å². The molecule has 0 fully saturated rings. The normalized spacial score (nSPS) is 19.8. The summed E-state index contributed by atoms with van der Waals surface area (Å²) in [5.74, 6) is 0. The molecule has 2 heteroatoms. The first kappa shape index (κ1) is 12.3. The lowest BCUT2D eigenvalue weighted by molar-refractivity contribution is 0.589. The van der Waals surface area contributed by atoms with Crippen LogP contribution in [0.15, 0.2) is 18.2 Å². The first-order valence-electron chi connectivity index (χ1n) is 6.54. The minimum atomic E-state index is 0.217. The van der Waals surface area contributed by atoms with Crippen LogP contribution in [0, 0.1) is 0 Å². The predicted octanol–water partition coefficient (Wildman–Crippen LogP) is 3.62. The Morgan fingerprint density at radius 2 is 2.06 bits per heavy atom. The highest BCUT2D eigenvalue weighted by Gasteiger charge is 2.22. The summed E-state index contributed by atoms with van der Waals surface area (Å²) < 4.78 is 0. The zero-order chi connectivity index (χ0) is 12.6. The van der Waals surface area contributed by atoms with Crippen LogP contribution >= 0.6 is 0 Å². The molecular weight excluding hydrogens is 208 g/mol. The Balaban J connectivity index is 2.38. The van der Waals surface area contributed by atoms with Gasteiger partial charge in [-0.25, -0.2) is 0 Å². The summed E-state index contributed by atoms with van der Waals surface area (Å²) in [5, 5.41) is 3.65. The molecule has 1 unspecified atom stereocenters. The highest BCUT2D eigenvalue weighted by Crippen LogP contribution is 2.34. The van der Waals surface area contributed by atoms with Gasteiger partial charge in [0.15, 0.2) is 0 Å². The van der Waals surface area contributed by atoms with E-state index in [0.717, 1.165) is 6.54 Å². The van der Waals surface area contributed by atoms with E-state index in [1.165, 1.54) is 23.4 Å². The number of anilines is 2. The molecule has 0 spiro atoms. The van der Waals surface area contributed by atoms with Crippen molar-refractivity contribution >= 4 is 11.4 Å². The van der Waals surface area contributed by atoms with Crippen molar-refractivity contribution in [2.24, 2.45) is 0 Å². The molecule has 2 nitrogen and oxygen atoms in total. The largest absolute Gasteiger partial charge is 0.379 e. The van der Waals surface area contributed by atoms with Gasteiger partial charge in [-0.2, -0.15) is 0 Å². The number of nitrogens with zero attached hydrogens (tertiary/aromatic N) is 1.